The SMILES string of the molecule is CC(C)(C)OC(=O)NOCC(=O)NCCOCCOCCNC(=O)CO. The molecule has 11 nitrogen and oxygen atoms in total. The number of ether oxygens (including phenoxy) is 3. The van der Waals surface area contributed by atoms with Gasteiger partial charge in [0.2, 0.25) is 11.8 Å². The van der Waals surface area contributed by atoms with Crippen molar-refractivity contribution >= 4 is 17.9 Å². The number of nitrogens with one attached hydrogen (secondary N) is 3. The highest BCUT2D eigenvalue weighted by molar-refractivity contribution is 5.77. The quantitative estimate of drug-likeness (QED) is 0.228. The molecule has 0 aromatic carbocycles. The molecule has 152 valence electrons. The summed E-state index contributed by atoms with van der Waals surface area (Å²) in [4.78, 5) is 38.1. The van der Waals surface area contributed by atoms with Gasteiger partial charge >= 0.3 is 6.09 Å². The summed E-state index contributed by atoms with van der Waals surface area (Å²) in [7, 11) is 0. The van der Waals surface area contributed by atoms with Crippen molar-refractivity contribution < 1.29 is 38.5 Å². The molecule has 0 radical (unpaired) electrons. The molecule has 0 rings (SSSR count). The molecule has 26 heavy (non-hydrogen) atoms. The topological polar surface area (TPSA) is 144 Å². The number of hydrogen-bond acceptors (Lipinski definition) is 8. The molecular weight excluding hydrogens is 350 g/mol. The number of aliphatic hydroxyl groups excluding tert-OH is 1. The number of carbonyl (C=O) groups excluding carboxylic acids is 3. The third-order valence-corrected chi connectivity index (χ3v) is 2.41. The van der Waals surface area contributed by atoms with Crippen molar-refractivity contribution in [2.24, 2.45) is 0 Å². The largest absolute Gasteiger partial charge is 0.442 e. The van der Waals surface area contributed by atoms with E-state index in [4.69, 9.17) is 24.2 Å². The van der Waals surface area contributed by atoms with Crippen LogP contribution in [0.15, 0.2) is 0 Å². The van der Waals surface area contributed by atoms with Crippen LogP contribution in [0.2, 0.25) is 0 Å². The van der Waals surface area contributed by atoms with Gasteiger partial charge in [-0.05, 0) is 20.8 Å². The number of carbonyl (C=O) groups is 3. The minimum Gasteiger partial charge on any atom is -0.442 e. The minimum absolute atomic E-state index is 0.279. The molecule has 0 bridgehead atoms. The van der Waals surface area contributed by atoms with Crippen LogP contribution in [0.5, 0.6) is 0 Å². The predicted octanol–water partition coefficient (Wildman–Crippen LogP) is -1.30. The summed E-state index contributed by atoms with van der Waals surface area (Å²) in [5.74, 6) is -0.869. The lowest BCUT2D eigenvalue weighted by Gasteiger charge is -2.19. The van der Waals surface area contributed by atoms with Crippen LogP contribution in [0.1, 0.15) is 20.8 Å². The Kier molecular flexibility index (Phi) is 13.2. The second kappa shape index (κ2) is 14.2. The van der Waals surface area contributed by atoms with E-state index in [9.17, 15) is 14.4 Å². The van der Waals surface area contributed by atoms with Crippen LogP contribution in [0, 0.1) is 0 Å². The third kappa shape index (κ3) is 16.9. The summed E-state index contributed by atoms with van der Waals surface area (Å²) < 4.78 is 15.3. The fourth-order valence-corrected chi connectivity index (χ4v) is 1.41. The van der Waals surface area contributed by atoms with Gasteiger partial charge in [0, 0.05) is 13.1 Å². The first kappa shape index (κ1) is 24.1. The van der Waals surface area contributed by atoms with E-state index in [0.29, 0.717) is 26.4 Å². The van der Waals surface area contributed by atoms with Gasteiger partial charge in [-0.15, -0.1) is 0 Å². The van der Waals surface area contributed by atoms with Gasteiger partial charge in [0.25, 0.3) is 0 Å². The molecule has 0 unspecified atom stereocenters. The van der Waals surface area contributed by atoms with E-state index >= 15 is 0 Å². The summed E-state index contributed by atoms with van der Waals surface area (Å²) in [5, 5.41) is 13.5. The molecule has 0 aliphatic rings. The van der Waals surface area contributed by atoms with Gasteiger partial charge in [-0.1, -0.05) is 0 Å². The van der Waals surface area contributed by atoms with Crippen LogP contribution in [-0.4, -0.2) is 81.3 Å². The molecule has 0 saturated heterocycles. The fourth-order valence-electron chi connectivity index (χ4n) is 1.41. The van der Waals surface area contributed by atoms with E-state index < -0.39 is 30.1 Å². The van der Waals surface area contributed by atoms with Crippen molar-refractivity contribution in [1.29, 1.82) is 0 Å². The van der Waals surface area contributed by atoms with Crippen LogP contribution >= 0.6 is 0 Å². The second-order valence-corrected chi connectivity index (χ2v) is 5.98. The van der Waals surface area contributed by atoms with E-state index in [1.807, 2.05) is 5.48 Å². The number of rotatable bonds is 13. The highest BCUT2D eigenvalue weighted by atomic mass is 16.7. The normalized spacial score (nSPS) is 10.9. The lowest BCUT2D eigenvalue weighted by Crippen LogP contribution is -2.37. The number of aliphatic hydroxyl groups is 1. The molecule has 3 amide bonds. The smallest absolute Gasteiger partial charge is 0.431 e. The molecule has 0 spiro atoms. The zero-order valence-electron chi connectivity index (χ0n) is 15.5. The molecule has 0 aliphatic carbocycles. The van der Waals surface area contributed by atoms with Gasteiger partial charge in [0.1, 0.15) is 12.2 Å². The molecule has 4 N–H and O–H groups in total. The minimum atomic E-state index is -0.774. The standard InChI is InChI=1S/C15H29N3O8/c1-15(2,3)26-14(22)18-25-11-13(21)17-5-7-24-9-8-23-6-4-16-12(20)10-19/h19H,4-11H2,1-3H3,(H,16,20)(H,17,21)(H,18,22). The van der Waals surface area contributed by atoms with Crippen LogP contribution in [-0.2, 0) is 28.6 Å². The third-order valence-electron chi connectivity index (χ3n) is 2.41. The molecule has 0 saturated carbocycles. The summed E-state index contributed by atoms with van der Waals surface area (Å²) in [6, 6.07) is 0. The lowest BCUT2D eigenvalue weighted by atomic mass is 10.2. The highest BCUT2D eigenvalue weighted by Crippen LogP contribution is 2.06. The van der Waals surface area contributed by atoms with Gasteiger partial charge in [0.05, 0.1) is 26.4 Å². The average Bonchev–Trinajstić information content (AvgIpc) is 2.54. The van der Waals surface area contributed by atoms with Gasteiger partial charge < -0.3 is 30.0 Å². The maximum Gasteiger partial charge on any atom is 0.431 e. The van der Waals surface area contributed by atoms with Crippen molar-refractivity contribution in [2.75, 3.05) is 52.7 Å². The van der Waals surface area contributed by atoms with Crippen molar-refractivity contribution in [3.63, 3.8) is 0 Å². The average molecular weight is 379 g/mol. The fraction of sp³-hybridized carbons (Fsp3) is 0.800. The maximum atomic E-state index is 11.4. The molecule has 0 atom stereocenters. The van der Waals surface area contributed by atoms with Crippen LogP contribution in [0.3, 0.4) is 0 Å². The van der Waals surface area contributed by atoms with Gasteiger partial charge in [-0.25, -0.2) is 4.79 Å². The highest BCUT2D eigenvalue weighted by Gasteiger charge is 2.16. The molecule has 0 heterocycles. The zero-order valence-corrected chi connectivity index (χ0v) is 15.5. The molecular formula is C15H29N3O8. The first-order valence-corrected chi connectivity index (χ1v) is 8.15. The Morgan fingerprint density at radius 2 is 1.42 bits per heavy atom. The molecule has 11 heteroatoms. The number of hydrogen-bond donors (Lipinski definition) is 4. The van der Waals surface area contributed by atoms with E-state index in [1.54, 1.807) is 20.8 Å². The lowest BCUT2D eigenvalue weighted by molar-refractivity contribution is -0.128. The Bertz CT molecular complexity index is 426. The maximum absolute atomic E-state index is 11.4. The first-order chi connectivity index (χ1) is 12.2. The Morgan fingerprint density at radius 1 is 0.885 bits per heavy atom. The predicted molar refractivity (Wildman–Crippen MR) is 90.1 cm³/mol. The molecule has 0 aromatic heterocycles. The molecule has 0 aliphatic heterocycles. The number of hydroxylamine groups is 1. The van der Waals surface area contributed by atoms with E-state index in [-0.39, 0.29) is 19.8 Å². The Hall–Kier alpha value is -1.95. The van der Waals surface area contributed by atoms with E-state index in [0.717, 1.165) is 0 Å². The van der Waals surface area contributed by atoms with Crippen molar-refractivity contribution in [1.82, 2.24) is 16.1 Å². The zero-order chi connectivity index (χ0) is 19.8. The van der Waals surface area contributed by atoms with Gasteiger partial charge in [-0.3, -0.25) is 14.4 Å². The molecule has 0 aromatic rings. The first-order valence-electron chi connectivity index (χ1n) is 8.15. The molecule has 0 fully saturated rings. The Morgan fingerprint density at radius 3 is 1.92 bits per heavy atom. The van der Waals surface area contributed by atoms with E-state index in [1.165, 1.54) is 0 Å². The van der Waals surface area contributed by atoms with Crippen LogP contribution in [0.4, 0.5) is 4.79 Å². The monoisotopic (exact) mass is 379 g/mol. The second-order valence-electron chi connectivity index (χ2n) is 5.98. The Balaban J connectivity index is 3.39. The van der Waals surface area contributed by atoms with Crippen molar-refractivity contribution in [2.45, 2.75) is 26.4 Å². The van der Waals surface area contributed by atoms with E-state index in [2.05, 4.69) is 10.6 Å². The van der Waals surface area contributed by atoms with Gasteiger partial charge in [0.15, 0.2) is 6.61 Å². The summed E-state index contributed by atoms with van der Waals surface area (Å²) >= 11 is 0. The Labute approximate surface area is 152 Å². The summed E-state index contributed by atoms with van der Waals surface area (Å²) in [6.07, 6.45) is -0.774. The number of amides is 3. The van der Waals surface area contributed by atoms with Crippen LogP contribution in [0.25, 0.3) is 0 Å². The van der Waals surface area contributed by atoms with Gasteiger partial charge in [-0.2, -0.15) is 5.48 Å². The summed E-state index contributed by atoms with van der Waals surface area (Å²) in [6.45, 7) is 6.10. The van der Waals surface area contributed by atoms with Crippen molar-refractivity contribution in [3.8, 4) is 0 Å². The van der Waals surface area contributed by atoms with Crippen molar-refractivity contribution in [3.05, 3.63) is 0 Å². The summed E-state index contributed by atoms with van der Waals surface area (Å²) in [5.41, 5.74) is 1.36. The van der Waals surface area contributed by atoms with Crippen LogP contribution < -0.4 is 16.1 Å².